The molecule has 0 unspecified atom stereocenters. The molecule has 3 aromatic heterocycles. The third-order valence-electron chi connectivity index (χ3n) is 5.03. The smallest absolute Gasteiger partial charge is 0.252 e. The van der Waals surface area contributed by atoms with E-state index >= 15 is 0 Å². The van der Waals surface area contributed by atoms with Gasteiger partial charge in [0.25, 0.3) is 5.91 Å². The minimum atomic E-state index is -0.106. The van der Waals surface area contributed by atoms with Gasteiger partial charge in [0.2, 0.25) is 0 Å². The molecule has 0 spiro atoms. The van der Waals surface area contributed by atoms with Crippen molar-refractivity contribution in [1.29, 1.82) is 0 Å². The second-order valence-corrected chi connectivity index (χ2v) is 6.78. The van der Waals surface area contributed by atoms with E-state index in [0.29, 0.717) is 12.1 Å². The molecule has 1 aliphatic carbocycles. The Morgan fingerprint density at radius 1 is 1.04 bits per heavy atom. The number of fused-ring (bicyclic) bond motifs is 2. The van der Waals surface area contributed by atoms with E-state index in [0.717, 1.165) is 52.1 Å². The highest BCUT2D eigenvalue weighted by Crippen LogP contribution is 2.37. The molecule has 4 aromatic rings. The molecule has 0 fully saturated rings. The van der Waals surface area contributed by atoms with Crippen LogP contribution in [0.3, 0.4) is 0 Å². The van der Waals surface area contributed by atoms with E-state index < -0.39 is 0 Å². The van der Waals surface area contributed by atoms with E-state index in [1.165, 1.54) is 0 Å². The van der Waals surface area contributed by atoms with E-state index in [2.05, 4.69) is 5.32 Å². The molecule has 28 heavy (non-hydrogen) atoms. The Bertz CT molecular complexity index is 1170. The SMILES string of the molecule is O=C(NCc1ccco1)c1c2c(nc3ccccc13)/C(=C\c1ccco1)CC2. The van der Waals surface area contributed by atoms with Gasteiger partial charge in [-0.15, -0.1) is 0 Å². The first-order valence-electron chi connectivity index (χ1n) is 9.26. The Labute approximate surface area is 161 Å². The predicted molar refractivity (Wildman–Crippen MR) is 107 cm³/mol. The van der Waals surface area contributed by atoms with Crippen LogP contribution in [-0.2, 0) is 13.0 Å². The van der Waals surface area contributed by atoms with Crippen molar-refractivity contribution in [3.63, 3.8) is 0 Å². The van der Waals surface area contributed by atoms with Crippen LogP contribution in [0.4, 0.5) is 0 Å². The third kappa shape index (κ3) is 2.91. The first-order valence-corrected chi connectivity index (χ1v) is 9.26. The predicted octanol–water partition coefficient (Wildman–Crippen LogP) is 4.84. The number of furan rings is 2. The molecule has 1 N–H and O–H groups in total. The molecule has 5 heteroatoms. The number of benzene rings is 1. The summed E-state index contributed by atoms with van der Waals surface area (Å²) in [4.78, 5) is 18.0. The van der Waals surface area contributed by atoms with Crippen molar-refractivity contribution in [1.82, 2.24) is 10.3 Å². The largest absolute Gasteiger partial charge is 0.467 e. The summed E-state index contributed by atoms with van der Waals surface area (Å²) in [7, 11) is 0. The third-order valence-corrected chi connectivity index (χ3v) is 5.03. The summed E-state index contributed by atoms with van der Waals surface area (Å²) in [5.74, 6) is 1.41. The zero-order chi connectivity index (χ0) is 18.9. The summed E-state index contributed by atoms with van der Waals surface area (Å²) >= 11 is 0. The molecule has 1 aliphatic rings. The fourth-order valence-corrected chi connectivity index (χ4v) is 3.75. The van der Waals surface area contributed by atoms with Crippen LogP contribution in [-0.4, -0.2) is 10.9 Å². The summed E-state index contributed by atoms with van der Waals surface area (Å²) in [5, 5.41) is 3.86. The number of nitrogens with one attached hydrogen (secondary N) is 1. The number of allylic oxidation sites excluding steroid dienone is 1. The van der Waals surface area contributed by atoms with Gasteiger partial charge in [0.15, 0.2) is 0 Å². The van der Waals surface area contributed by atoms with E-state index in [1.807, 2.05) is 54.6 Å². The monoisotopic (exact) mass is 370 g/mol. The van der Waals surface area contributed by atoms with Crippen molar-refractivity contribution in [2.24, 2.45) is 0 Å². The number of amides is 1. The lowest BCUT2D eigenvalue weighted by Crippen LogP contribution is -2.24. The zero-order valence-electron chi connectivity index (χ0n) is 15.1. The maximum Gasteiger partial charge on any atom is 0.252 e. The Balaban J connectivity index is 1.59. The van der Waals surface area contributed by atoms with Gasteiger partial charge >= 0.3 is 0 Å². The van der Waals surface area contributed by atoms with E-state index in [4.69, 9.17) is 13.8 Å². The van der Waals surface area contributed by atoms with Crippen molar-refractivity contribution >= 4 is 28.5 Å². The fourth-order valence-electron chi connectivity index (χ4n) is 3.75. The zero-order valence-corrected chi connectivity index (χ0v) is 15.1. The highest BCUT2D eigenvalue weighted by molar-refractivity contribution is 6.09. The molecule has 1 amide bonds. The van der Waals surface area contributed by atoms with Crippen LogP contribution in [0, 0.1) is 0 Å². The molecule has 0 atom stereocenters. The van der Waals surface area contributed by atoms with Crippen molar-refractivity contribution < 1.29 is 13.6 Å². The topological polar surface area (TPSA) is 68.3 Å². The number of carbonyl (C=O) groups is 1. The Hall–Kier alpha value is -3.60. The molecular formula is C23H18N2O3. The number of hydrogen-bond acceptors (Lipinski definition) is 4. The van der Waals surface area contributed by atoms with Crippen LogP contribution in [0.25, 0.3) is 22.6 Å². The van der Waals surface area contributed by atoms with E-state index in [1.54, 1.807) is 12.5 Å². The molecule has 0 radical (unpaired) electrons. The number of aromatic nitrogens is 1. The first-order chi connectivity index (χ1) is 13.8. The summed E-state index contributed by atoms with van der Waals surface area (Å²) in [6.07, 6.45) is 6.88. The lowest BCUT2D eigenvalue weighted by Gasteiger charge is -2.12. The summed E-state index contributed by atoms with van der Waals surface area (Å²) in [5.41, 5.74) is 4.49. The Kier molecular flexibility index (Phi) is 4.05. The van der Waals surface area contributed by atoms with Crippen molar-refractivity contribution in [2.75, 3.05) is 0 Å². The molecule has 0 saturated carbocycles. The second kappa shape index (κ2) is 6.85. The molecule has 0 bridgehead atoms. The van der Waals surface area contributed by atoms with Gasteiger partial charge in [-0.3, -0.25) is 4.79 Å². The Morgan fingerprint density at radius 2 is 1.89 bits per heavy atom. The maximum absolute atomic E-state index is 13.1. The van der Waals surface area contributed by atoms with Crippen molar-refractivity contribution in [3.05, 3.63) is 89.4 Å². The second-order valence-electron chi connectivity index (χ2n) is 6.78. The van der Waals surface area contributed by atoms with Gasteiger partial charge in [0, 0.05) is 5.39 Å². The lowest BCUT2D eigenvalue weighted by atomic mass is 10.00. The molecule has 3 heterocycles. The van der Waals surface area contributed by atoms with Gasteiger partial charge in [-0.1, -0.05) is 18.2 Å². The van der Waals surface area contributed by atoms with Crippen LogP contribution in [0.2, 0.25) is 0 Å². The van der Waals surface area contributed by atoms with Crippen LogP contribution >= 0.6 is 0 Å². The number of nitrogens with zero attached hydrogens (tertiary/aromatic N) is 1. The van der Waals surface area contributed by atoms with E-state index in [-0.39, 0.29) is 5.91 Å². The van der Waals surface area contributed by atoms with Gasteiger partial charge in [0.1, 0.15) is 11.5 Å². The number of carbonyl (C=O) groups excluding carboxylic acids is 1. The van der Waals surface area contributed by atoms with Crippen LogP contribution in [0.5, 0.6) is 0 Å². The molecule has 0 saturated heterocycles. The summed E-state index contributed by atoms with van der Waals surface area (Å²) < 4.78 is 10.8. The molecule has 5 rings (SSSR count). The standard InChI is InChI=1S/C23H18N2O3/c26-23(24-14-17-6-4-12-28-17)21-18-7-1-2-8-20(18)25-22-15(9-10-19(21)22)13-16-5-3-11-27-16/h1-8,11-13H,9-10,14H2,(H,24,26)/b15-13-. The van der Waals surface area contributed by atoms with Gasteiger partial charge in [-0.25, -0.2) is 4.98 Å². The minimum absolute atomic E-state index is 0.106. The van der Waals surface area contributed by atoms with Crippen molar-refractivity contribution in [3.8, 4) is 0 Å². The van der Waals surface area contributed by atoms with Gasteiger partial charge < -0.3 is 14.2 Å². The van der Waals surface area contributed by atoms with Gasteiger partial charge in [-0.2, -0.15) is 0 Å². The van der Waals surface area contributed by atoms with Crippen LogP contribution < -0.4 is 5.32 Å². The first kappa shape index (κ1) is 16.6. The molecule has 1 aromatic carbocycles. The number of para-hydroxylation sites is 1. The van der Waals surface area contributed by atoms with Crippen LogP contribution in [0.15, 0.2) is 69.9 Å². The summed E-state index contributed by atoms with van der Waals surface area (Å²) in [6, 6.07) is 15.2. The Morgan fingerprint density at radius 3 is 2.71 bits per heavy atom. The lowest BCUT2D eigenvalue weighted by molar-refractivity contribution is 0.0949. The van der Waals surface area contributed by atoms with Gasteiger partial charge in [-0.05, 0) is 60.4 Å². The average molecular weight is 370 g/mol. The maximum atomic E-state index is 13.1. The van der Waals surface area contributed by atoms with Crippen molar-refractivity contribution in [2.45, 2.75) is 19.4 Å². The number of pyridine rings is 1. The minimum Gasteiger partial charge on any atom is -0.467 e. The molecule has 138 valence electrons. The summed E-state index contributed by atoms with van der Waals surface area (Å²) in [6.45, 7) is 0.354. The number of hydrogen-bond donors (Lipinski definition) is 1. The van der Waals surface area contributed by atoms with E-state index in [9.17, 15) is 4.79 Å². The molecule has 5 nitrogen and oxygen atoms in total. The normalized spacial score (nSPS) is 14.5. The molecular weight excluding hydrogens is 352 g/mol. The quantitative estimate of drug-likeness (QED) is 0.558. The highest BCUT2D eigenvalue weighted by Gasteiger charge is 2.27. The van der Waals surface area contributed by atoms with Gasteiger partial charge in [0.05, 0.1) is 35.8 Å². The average Bonchev–Trinajstić information content (AvgIpc) is 3.48. The highest BCUT2D eigenvalue weighted by atomic mass is 16.3. The van der Waals surface area contributed by atoms with Crippen LogP contribution in [0.1, 0.15) is 39.6 Å². The molecule has 0 aliphatic heterocycles. The fraction of sp³-hybridized carbons (Fsp3) is 0.130. The number of rotatable bonds is 4.